The second-order valence-corrected chi connectivity index (χ2v) is 4.99. The van der Waals surface area contributed by atoms with Crippen LogP contribution in [0.3, 0.4) is 0 Å². The minimum absolute atomic E-state index is 0.138. The number of phenolic OH excluding ortho intramolecular Hbond substituents is 1. The minimum atomic E-state index is -0.138. The third-order valence-corrected chi connectivity index (χ3v) is 4.10. The number of rotatable bonds is 3. The van der Waals surface area contributed by atoms with E-state index in [1.165, 1.54) is 0 Å². The van der Waals surface area contributed by atoms with Gasteiger partial charge in [0.25, 0.3) is 0 Å². The Morgan fingerprint density at radius 1 is 1.47 bits per heavy atom. The predicted molar refractivity (Wildman–Crippen MR) is 62.3 cm³/mol. The number of carbonyl (C=O) groups excluding carboxylic acids is 1. The van der Waals surface area contributed by atoms with Crippen LogP contribution in [0.15, 0.2) is 24.3 Å². The molecule has 0 saturated carbocycles. The summed E-state index contributed by atoms with van der Waals surface area (Å²) in [5.74, 6) is 2.65. The first-order valence-electron chi connectivity index (χ1n) is 5.14. The molecule has 3 heteroatoms. The zero-order chi connectivity index (χ0) is 10.7. The van der Waals surface area contributed by atoms with Crippen molar-refractivity contribution in [3.63, 3.8) is 0 Å². The average Bonchev–Trinajstić information content (AvgIpc) is 2.75. The van der Waals surface area contributed by atoms with Crippen LogP contribution in [0.2, 0.25) is 0 Å². The zero-order valence-corrected chi connectivity index (χ0v) is 9.24. The van der Waals surface area contributed by atoms with Crippen molar-refractivity contribution in [1.82, 2.24) is 0 Å². The third kappa shape index (κ3) is 2.17. The summed E-state index contributed by atoms with van der Waals surface area (Å²) < 4.78 is 0. The molecule has 0 radical (unpaired) electrons. The van der Waals surface area contributed by atoms with Crippen LogP contribution in [0.1, 0.15) is 17.9 Å². The van der Waals surface area contributed by atoms with E-state index < -0.39 is 0 Å². The lowest BCUT2D eigenvalue weighted by atomic mass is 9.86. The Balaban J connectivity index is 2.26. The number of benzene rings is 1. The normalized spacial score (nSPS) is 22.5. The van der Waals surface area contributed by atoms with Gasteiger partial charge < -0.3 is 9.90 Å². The van der Waals surface area contributed by atoms with Crippen LogP contribution in [0.4, 0.5) is 0 Å². The molecule has 0 aliphatic carbocycles. The minimum Gasteiger partial charge on any atom is -0.508 e. The number of para-hydroxylation sites is 1. The molecule has 1 aliphatic rings. The van der Waals surface area contributed by atoms with E-state index in [0.29, 0.717) is 5.92 Å². The summed E-state index contributed by atoms with van der Waals surface area (Å²) in [5.41, 5.74) is 0.778. The molecular weight excluding hydrogens is 208 g/mol. The molecule has 1 heterocycles. The van der Waals surface area contributed by atoms with Crippen molar-refractivity contribution in [1.29, 1.82) is 0 Å². The molecule has 1 aromatic rings. The van der Waals surface area contributed by atoms with Crippen LogP contribution in [0.5, 0.6) is 5.75 Å². The largest absolute Gasteiger partial charge is 0.508 e. The van der Waals surface area contributed by atoms with Gasteiger partial charge in [-0.15, -0.1) is 0 Å². The molecule has 1 aliphatic heterocycles. The molecular formula is C12H14O2S. The first kappa shape index (κ1) is 10.6. The van der Waals surface area contributed by atoms with Crippen molar-refractivity contribution in [2.75, 3.05) is 11.5 Å². The van der Waals surface area contributed by atoms with Crippen LogP contribution in [0.25, 0.3) is 0 Å². The summed E-state index contributed by atoms with van der Waals surface area (Å²) in [5, 5.41) is 9.71. The first-order chi connectivity index (χ1) is 7.33. The molecule has 0 spiro atoms. The van der Waals surface area contributed by atoms with Gasteiger partial charge in [0.05, 0.1) is 0 Å². The van der Waals surface area contributed by atoms with E-state index in [1.54, 1.807) is 12.1 Å². The summed E-state index contributed by atoms with van der Waals surface area (Å²) >= 11 is 1.89. The summed E-state index contributed by atoms with van der Waals surface area (Å²) in [4.78, 5) is 11.1. The number of thioether (sulfide) groups is 1. The fourth-order valence-corrected chi connectivity index (χ4v) is 3.36. The Morgan fingerprint density at radius 2 is 2.27 bits per heavy atom. The summed E-state index contributed by atoms with van der Waals surface area (Å²) in [7, 11) is 0. The number of hydrogen-bond donors (Lipinski definition) is 1. The topological polar surface area (TPSA) is 37.3 Å². The lowest BCUT2D eigenvalue weighted by Crippen LogP contribution is -2.13. The van der Waals surface area contributed by atoms with Crippen molar-refractivity contribution in [3.8, 4) is 5.75 Å². The highest BCUT2D eigenvalue weighted by Gasteiger charge is 2.27. The van der Waals surface area contributed by atoms with Gasteiger partial charge in [0, 0.05) is 11.5 Å². The maximum absolute atomic E-state index is 11.1. The maximum Gasteiger partial charge on any atom is 0.127 e. The van der Waals surface area contributed by atoms with E-state index in [0.717, 1.165) is 29.8 Å². The van der Waals surface area contributed by atoms with Crippen molar-refractivity contribution in [3.05, 3.63) is 29.8 Å². The van der Waals surface area contributed by atoms with Crippen molar-refractivity contribution in [2.24, 2.45) is 5.92 Å². The smallest absolute Gasteiger partial charge is 0.127 e. The van der Waals surface area contributed by atoms with Crippen LogP contribution >= 0.6 is 11.8 Å². The van der Waals surface area contributed by atoms with Gasteiger partial charge in [-0.3, -0.25) is 0 Å². The lowest BCUT2D eigenvalue weighted by Gasteiger charge is -2.18. The third-order valence-electron chi connectivity index (χ3n) is 2.92. The highest BCUT2D eigenvalue weighted by atomic mass is 32.2. The molecule has 2 unspecified atom stereocenters. The quantitative estimate of drug-likeness (QED) is 0.798. The standard InChI is InChI=1S/C12H14O2S/c13-7-11(9-5-6-15-8-9)10-3-1-2-4-12(10)14/h1-4,7,9,11,14H,5-6,8H2. The van der Waals surface area contributed by atoms with E-state index in [9.17, 15) is 9.90 Å². The van der Waals surface area contributed by atoms with Crippen molar-refractivity contribution < 1.29 is 9.90 Å². The van der Waals surface area contributed by atoms with Gasteiger partial charge in [0.15, 0.2) is 0 Å². The first-order valence-corrected chi connectivity index (χ1v) is 6.29. The lowest BCUT2D eigenvalue weighted by molar-refractivity contribution is -0.110. The highest BCUT2D eigenvalue weighted by molar-refractivity contribution is 7.99. The number of aldehydes is 1. The van der Waals surface area contributed by atoms with E-state index in [2.05, 4.69) is 0 Å². The molecule has 1 saturated heterocycles. The molecule has 2 atom stereocenters. The number of carbonyl (C=O) groups is 1. The van der Waals surface area contributed by atoms with Gasteiger partial charge in [0.2, 0.25) is 0 Å². The molecule has 2 nitrogen and oxygen atoms in total. The number of aromatic hydroxyl groups is 1. The van der Waals surface area contributed by atoms with E-state index in [1.807, 2.05) is 23.9 Å². The second kappa shape index (κ2) is 4.71. The van der Waals surface area contributed by atoms with E-state index in [4.69, 9.17) is 0 Å². The average molecular weight is 222 g/mol. The summed E-state index contributed by atoms with van der Waals surface area (Å²) in [6.45, 7) is 0. The Kier molecular flexibility index (Phi) is 3.31. The summed E-state index contributed by atoms with van der Waals surface area (Å²) in [6, 6.07) is 7.14. The zero-order valence-electron chi connectivity index (χ0n) is 8.43. The van der Waals surface area contributed by atoms with Crippen LogP contribution < -0.4 is 0 Å². The number of phenols is 1. The monoisotopic (exact) mass is 222 g/mol. The highest BCUT2D eigenvalue weighted by Crippen LogP contribution is 2.37. The van der Waals surface area contributed by atoms with Gasteiger partial charge in [-0.25, -0.2) is 0 Å². The molecule has 1 N–H and O–H groups in total. The second-order valence-electron chi connectivity index (χ2n) is 3.84. The van der Waals surface area contributed by atoms with Gasteiger partial charge in [0.1, 0.15) is 12.0 Å². The Hall–Kier alpha value is -0.960. The predicted octanol–water partition coefficient (Wildman–Crippen LogP) is 2.43. The van der Waals surface area contributed by atoms with Crippen LogP contribution in [-0.4, -0.2) is 22.9 Å². The fraction of sp³-hybridized carbons (Fsp3) is 0.417. The molecule has 0 bridgehead atoms. The molecule has 80 valence electrons. The van der Waals surface area contributed by atoms with E-state index >= 15 is 0 Å². The van der Waals surface area contributed by atoms with Crippen LogP contribution in [0, 0.1) is 5.92 Å². The molecule has 1 fully saturated rings. The van der Waals surface area contributed by atoms with Gasteiger partial charge in [-0.1, -0.05) is 18.2 Å². The Bertz CT molecular complexity index is 345. The molecule has 0 aromatic heterocycles. The molecule has 2 rings (SSSR count). The SMILES string of the molecule is O=CC(c1ccccc1O)C1CCSC1. The van der Waals surface area contributed by atoms with Crippen LogP contribution in [-0.2, 0) is 4.79 Å². The maximum atomic E-state index is 11.1. The number of hydrogen-bond acceptors (Lipinski definition) is 3. The van der Waals surface area contributed by atoms with Crippen molar-refractivity contribution in [2.45, 2.75) is 12.3 Å². The van der Waals surface area contributed by atoms with Crippen molar-refractivity contribution >= 4 is 18.0 Å². The van der Waals surface area contributed by atoms with Gasteiger partial charge in [-0.05, 0) is 29.9 Å². The molecule has 0 amide bonds. The Morgan fingerprint density at radius 3 is 2.87 bits per heavy atom. The molecule has 15 heavy (non-hydrogen) atoms. The summed E-state index contributed by atoms with van der Waals surface area (Å²) in [6.07, 6.45) is 2.05. The van der Waals surface area contributed by atoms with Gasteiger partial charge in [-0.2, -0.15) is 11.8 Å². The Labute approximate surface area is 93.7 Å². The van der Waals surface area contributed by atoms with E-state index in [-0.39, 0.29) is 11.7 Å². The fourth-order valence-electron chi connectivity index (χ4n) is 2.04. The molecule has 1 aromatic carbocycles. The van der Waals surface area contributed by atoms with Gasteiger partial charge >= 0.3 is 0 Å².